The molecule has 1 aliphatic rings. The van der Waals surface area contributed by atoms with Crippen molar-refractivity contribution in [1.82, 2.24) is 19.7 Å². The van der Waals surface area contributed by atoms with E-state index in [0.717, 1.165) is 40.5 Å². The maximum atomic E-state index is 13.5. The first-order chi connectivity index (χ1) is 14.3. The summed E-state index contributed by atoms with van der Waals surface area (Å²) in [6, 6.07) is 10.0. The Kier molecular flexibility index (Phi) is 5.69. The Morgan fingerprint density at radius 1 is 1.07 bits per heavy atom. The normalized spacial score (nSPS) is 14.9. The summed E-state index contributed by atoms with van der Waals surface area (Å²) in [5.74, 6) is 0.287. The lowest BCUT2D eigenvalue weighted by atomic mass is 10.0. The van der Waals surface area contributed by atoms with E-state index in [1.54, 1.807) is 6.20 Å². The molecule has 2 aromatic heterocycles. The molecule has 0 bridgehead atoms. The molecule has 1 aromatic carbocycles. The van der Waals surface area contributed by atoms with Crippen LogP contribution in [0.2, 0.25) is 5.02 Å². The van der Waals surface area contributed by atoms with Crippen LogP contribution in [0.5, 0.6) is 0 Å². The second kappa shape index (κ2) is 8.26. The molecule has 0 saturated carbocycles. The maximum Gasteiger partial charge on any atom is 0.254 e. The summed E-state index contributed by atoms with van der Waals surface area (Å²) >= 11 is 6.14. The van der Waals surface area contributed by atoms with E-state index in [1.807, 2.05) is 33.8 Å². The molecule has 4 rings (SSSR count). The number of nitrogens with zero attached hydrogens (tertiary/aromatic N) is 5. The Balaban J connectivity index is 1.60. The lowest BCUT2D eigenvalue weighted by Crippen LogP contribution is -2.48. The topological polar surface area (TPSA) is 54.3 Å². The van der Waals surface area contributed by atoms with Crippen molar-refractivity contribution in [2.24, 2.45) is 0 Å². The first kappa shape index (κ1) is 20.7. The third-order valence-electron chi connectivity index (χ3n) is 5.64. The Labute approximate surface area is 182 Å². The number of benzene rings is 1. The van der Waals surface area contributed by atoms with Crippen molar-refractivity contribution in [2.75, 3.05) is 31.1 Å². The summed E-state index contributed by atoms with van der Waals surface area (Å²) in [7, 11) is 0. The highest BCUT2D eigenvalue weighted by Gasteiger charge is 2.26. The highest BCUT2D eigenvalue weighted by Crippen LogP contribution is 2.26. The quantitative estimate of drug-likeness (QED) is 0.605. The van der Waals surface area contributed by atoms with E-state index in [2.05, 4.69) is 43.8 Å². The zero-order chi connectivity index (χ0) is 21.4. The first-order valence-corrected chi connectivity index (χ1v) is 10.9. The van der Waals surface area contributed by atoms with Crippen LogP contribution in [0.1, 0.15) is 55.7 Å². The van der Waals surface area contributed by atoms with Crippen molar-refractivity contribution in [1.29, 1.82) is 0 Å². The molecule has 0 unspecified atom stereocenters. The summed E-state index contributed by atoms with van der Waals surface area (Å²) in [5, 5.41) is 6.07. The summed E-state index contributed by atoms with van der Waals surface area (Å²) < 4.78 is 1.90. The summed E-state index contributed by atoms with van der Waals surface area (Å²) in [6.07, 6.45) is 1.78. The van der Waals surface area contributed by atoms with E-state index >= 15 is 0 Å². The van der Waals surface area contributed by atoms with Gasteiger partial charge in [-0.05, 0) is 44.0 Å². The van der Waals surface area contributed by atoms with Crippen molar-refractivity contribution in [3.63, 3.8) is 0 Å². The fourth-order valence-electron chi connectivity index (χ4n) is 3.90. The van der Waals surface area contributed by atoms with Crippen LogP contribution in [-0.4, -0.2) is 51.8 Å². The molecular formula is C23H28ClN5O. The van der Waals surface area contributed by atoms with E-state index in [9.17, 15) is 4.79 Å². The molecule has 158 valence electrons. The van der Waals surface area contributed by atoms with Crippen LogP contribution in [-0.2, 0) is 0 Å². The standard InChI is InChI=1S/C23H28ClN5O/c1-15(2)21-13-19(20-14-25-29(16(3)4)22(20)26-21)23(30)28-10-8-27(9-11-28)18-7-5-6-17(24)12-18/h5-7,12-16H,8-11H2,1-4H3. The molecule has 0 N–H and O–H groups in total. The molecule has 1 amide bonds. The zero-order valence-corrected chi connectivity index (χ0v) is 18.7. The number of anilines is 1. The SMILES string of the molecule is CC(C)c1cc(C(=O)N2CCN(c3cccc(Cl)c3)CC2)c2cnn(C(C)C)c2n1. The molecule has 1 saturated heterocycles. The fraction of sp³-hybridized carbons (Fsp3) is 0.435. The number of hydrogen-bond donors (Lipinski definition) is 0. The third-order valence-corrected chi connectivity index (χ3v) is 5.87. The number of halogens is 1. The number of amides is 1. The van der Waals surface area contributed by atoms with Crippen LogP contribution in [0.15, 0.2) is 36.5 Å². The molecular weight excluding hydrogens is 398 g/mol. The van der Waals surface area contributed by atoms with Gasteiger partial charge in [-0.15, -0.1) is 0 Å². The lowest BCUT2D eigenvalue weighted by Gasteiger charge is -2.36. The van der Waals surface area contributed by atoms with Gasteiger partial charge in [0.15, 0.2) is 5.65 Å². The predicted octanol–water partition coefficient (Wildman–Crippen LogP) is 4.75. The molecule has 30 heavy (non-hydrogen) atoms. The lowest BCUT2D eigenvalue weighted by molar-refractivity contribution is 0.0748. The van der Waals surface area contributed by atoms with Gasteiger partial charge in [-0.2, -0.15) is 5.10 Å². The van der Waals surface area contributed by atoms with Crippen LogP contribution in [0.3, 0.4) is 0 Å². The minimum absolute atomic E-state index is 0.0540. The van der Waals surface area contributed by atoms with Gasteiger partial charge in [0.1, 0.15) is 0 Å². The second-order valence-electron chi connectivity index (χ2n) is 8.43. The van der Waals surface area contributed by atoms with Crippen LogP contribution in [0.4, 0.5) is 5.69 Å². The van der Waals surface area contributed by atoms with E-state index in [0.29, 0.717) is 18.7 Å². The van der Waals surface area contributed by atoms with Crippen molar-refractivity contribution in [3.8, 4) is 0 Å². The number of hydrogen-bond acceptors (Lipinski definition) is 4. The average molecular weight is 426 g/mol. The Morgan fingerprint density at radius 2 is 1.80 bits per heavy atom. The van der Waals surface area contributed by atoms with Crippen LogP contribution < -0.4 is 4.90 Å². The number of carbonyl (C=O) groups excluding carboxylic acids is 1. The maximum absolute atomic E-state index is 13.5. The van der Waals surface area contributed by atoms with Gasteiger partial charge in [0.25, 0.3) is 5.91 Å². The average Bonchev–Trinajstić information content (AvgIpc) is 3.17. The molecule has 1 fully saturated rings. The van der Waals surface area contributed by atoms with Crippen molar-refractivity contribution in [2.45, 2.75) is 39.7 Å². The van der Waals surface area contributed by atoms with E-state index in [1.165, 1.54) is 0 Å². The van der Waals surface area contributed by atoms with Crippen LogP contribution in [0.25, 0.3) is 11.0 Å². The second-order valence-corrected chi connectivity index (χ2v) is 8.87. The highest BCUT2D eigenvalue weighted by atomic mass is 35.5. The molecule has 1 aliphatic heterocycles. The minimum atomic E-state index is 0.0540. The summed E-state index contributed by atoms with van der Waals surface area (Å²) in [5.41, 5.74) is 3.51. The van der Waals surface area contributed by atoms with Gasteiger partial charge in [-0.25, -0.2) is 9.67 Å². The molecule has 3 heterocycles. The Morgan fingerprint density at radius 3 is 2.43 bits per heavy atom. The van der Waals surface area contributed by atoms with Crippen molar-refractivity contribution >= 4 is 34.2 Å². The summed E-state index contributed by atoms with van der Waals surface area (Å²) in [4.78, 5) is 22.5. The van der Waals surface area contributed by atoms with E-state index in [4.69, 9.17) is 16.6 Å². The van der Waals surface area contributed by atoms with Crippen LogP contribution >= 0.6 is 11.6 Å². The van der Waals surface area contributed by atoms with Gasteiger partial charge in [-0.1, -0.05) is 31.5 Å². The number of pyridine rings is 1. The van der Waals surface area contributed by atoms with E-state index < -0.39 is 0 Å². The molecule has 0 spiro atoms. The van der Waals surface area contributed by atoms with Gasteiger partial charge < -0.3 is 9.80 Å². The number of fused-ring (bicyclic) bond motifs is 1. The zero-order valence-electron chi connectivity index (χ0n) is 18.0. The predicted molar refractivity (Wildman–Crippen MR) is 122 cm³/mol. The number of carbonyl (C=O) groups is 1. The van der Waals surface area contributed by atoms with E-state index in [-0.39, 0.29) is 17.9 Å². The summed E-state index contributed by atoms with van der Waals surface area (Å²) in [6.45, 7) is 11.3. The molecule has 6 nitrogen and oxygen atoms in total. The fourth-order valence-corrected chi connectivity index (χ4v) is 4.08. The molecule has 7 heteroatoms. The Hall–Kier alpha value is -2.60. The monoisotopic (exact) mass is 425 g/mol. The Bertz CT molecular complexity index is 1070. The van der Waals surface area contributed by atoms with Crippen molar-refractivity contribution in [3.05, 3.63) is 52.8 Å². The number of aromatic nitrogens is 3. The van der Waals surface area contributed by atoms with Gasteiger partial charge in [0.05, 0.1) is 17.1 Å². The van der Waals surface area contributed by atoms with Gasteiger partial charge in [0, 0.05) is 48.6 Å². The van der Waals surface area contributed by atoms with Gasteiger partial charge in [-0.3, -0.25) is 4.79 Å². The van der Waals surface area contributed by atoms with Crippen molar-refractivity contribution < 1.29 is 4.79 Å². The van der Waals surface area contributed by atoms with Crippen LogP contribution in [0, 0.1) is 0 Å². The smallest absolute Gasteiger partial charge is 0.254 e. The molecule has 3 aromatic rings. The molecule has 0 atom stereocenters. The highest BCUT2D eigenvalue weighted by molar-refractivity contribution is 6.30. The number of rotatable bonds is 4. The molecule has 0 aliphatic carbocycles. The molecule has 0 radical (unpaired) electrons. The van der Waals surface area contributed by atoms with Gasteiger partial charge >= 0.3 is 0 Å². The first-order valence-electron chi connectivity index (χ1n) is 10.5. The number of piperazine rings is 1. The third kappa shape index (κ3) is 3.88. The largest absolute Gasteiger partial charge is 0.368 e. The van der Waals surface area contributed by atoms with Gasteiger partial charge in [0.2, 0.25) is 0 Å². The minimum Gasteiger partial charge on any atom is -0.368 e.